The Bertz CT molecular complexity index is 1080. The number of carbonyl (C=O) groups is 1. The maximum atomic E-state index is 12.7. The molecule has 0 aliphatic rings. The average Bonchev–Trinajstić information content (AvgIpc) is 2.64. The molecule has 0 saturated carbocycles. The molecule has 2 rings (SSSR count). The van der Waals surface area contributed by atoms with Crippen LogP contribution in [0.3, 0.4) is 0 Å². The number of alkyl halides is 3. The van der Waals surface area contributed by atoms with Gasteiger partial charge in [0, 0.05) is 17.7 Å². The summed E-state index contributed by atoms with van der Waals surface area (Å²) in [6, 6.07) is 6.50. The molecule has 150 valence electrons. The molecule has 0 unspecified atom stereocenters. The van der Waals surface area contributed by atoms with E-state index in [9.17, 15) is 22.8 Å². The number of hydrogen-bond acceptors (Lipinski definition) is 3. The smallest absolute Gasteiger partial charge is 0.345 e. The first-order valence-electron chi connectivity index (χ1n) is 8.68. The summed E-state index contributed by atoms with van der Waals surface area (Å²) < 4.78 is 38.0. The molecule has 29 heavy (non-hydrogen) atoms. The number of amides is 1. The summed E-state index contributed by atoms with van der Waals surface area (Å²) in [7, 11) is 0. The molecular weight excluding hydrogens is 383 g/mol. The van der Waals surface area contributed by atoms with Crippen molar-refractivity contribution in [2.24, 2.45) is 0 Å². The molecule has 1 aromatic heterocycles. The van der Waals surface area contributed by atoms with Crippen molar-refractivity contribution in [3.8, 4) is 17.9 Å². The van der Waals surface area contributed by atoms with Gasteiger partial charge in [0.15, 0.2) is 0 Å². The van der Waals surface area contributed by atoms with Gasteiger partial charge < -0.3 is 10.3 Å². The lowest BCUT2D eigenvalue weighted by Gasteiger charge is -2.10. The number of nitriles is 1. The normalized spacial score (nSPS) is 10.6. The lowest BCUT2D eigenvalue weighted by molar-refractivity contribution is -0.137. The van der Waals surface area contributed by atoms with Crippen molar-refractivity contribution in [3.63, 3.8) is 0 Å². The van der Waals surface area contributed by atoms with Crippen LogP contribution in [-0.2, 0) is 17.4 Å². The van der Waals surface area contributed by atoms with Gasteiger partial charge in [-0.1, -0.05) is 17.9 Å². The van der Waals surface area contributed by atoms with E-state index in [0.29, 0.717) is 17.7 Å². The average molecular weight is 401 g/mol. The maximum absolute atomic E-state index is 12.7. The van der Waals surface area contributed by atoms with E-state index in [0.717, 1.165) is 17.7 Å². The number of rotatable bonds is 4. The minimum Gasteiger partial charge on any atom is -0.345 e. The number of carbonyl (C=O) groups excluding carboxylic acids is 1. The zero-order valence-corrected chi connectivity index (χ0v) is 15.8. The third kappa shape index (κ3) is 5.73. The van der Waals surface area contributed by atoms with Crippen LogP contribution in [0.15, 0.2) is 29.1 Å². The van der Waals surface area contributed by atoms with Crippen LogP contribution in [0.2, 0.25) is 0 Å². The van der Waals surface area contributed by atoms with Gasteiger partial charge in [-0.3, -0.25) is 9.59 Å². The van der Waals surface area contributed by atoms with E-state index in [1.54, 1.807) is 13.8 Å². The standard InChI is InChI=1S/C21H18F3N3O2/c1-13-17(14(2)27-20(29)18(13)12-25)8-9-19(28)26-10-4-6-15-5-3-7-16(11-15)21(22,23)24/h3,5,7,11H,8-10H2,1-2H3,(H,26,28)(H,27,29). The Labute approximate surface area is 165 Å². The molecule has 0 aliphatic carbocycles. The Morgan fingerprint density at radius 1 is 1.28 bits per heavy atom. The van der Waals surface area contributed by atoms with E-state index in [4.69, 9.17) is 5.26 Å². The van der Waals surface area contributed by atoms with E-state index in [1.165, 1.54) is 12.1 Å². The third-order valence-electron chi connectivity index (χ3n) is 4.32. The molecular formula is C21H18F3N3O2. The van der Waals surface area contributed by atoms with Gasteiger partial charge in [-0.15, -0.1) is 0 Å². The van der Waals surface area contributed by atoms with Gasteiger partial charge in [-0.05, 0) is 49.6 Å². The molecule has 0 aliphatic heterocycles. The molecule has 0 saturated heterocycles. The van der Waals surface area contributed by atoms with Crippen molar-refractivity contribution in [2.75, 3.05) is 6.54 Å². The number of pyridine rings is 1. The van der Waals surface area contributed by atoms with E-state index < -0.39 is 17.3 Å². The number of nitrogens with zero attached hydrogens (tertiary/aromatic N) is 1. The molecule has 1 heterocycles. The summed E-state index contributed by atoms with van der Waals surface area (Å²) in [6.45, 7) is 3.35. The fraction of sp³-hybridized carbons (Fsp3) is 0.286. The van der Waals surface area contributed by atoms with Crippen LogP contribution in [0.4, 0.5) is 13.2 Å². The van der Waals surface area contributed by atoms with Crippen LogP contribution >= 0.6 is 0 Å². The number of aromatic nitrogens is 1. The van der Waals surface area contributed by atoms with E-state index in [1.807, 2.05) is 6.07 Å². The minimum atomic E-state index is -4.44. The minimum absolute atomic E-state index is 0.0118. The van der Waals surface area contributed by atoms with Crippen molar-refractivity contribution in [2.45, 2.75) is 32.9 Å². The van der Waals surface area contributed by atoms with Crippen molar-refractivity contribution >= 4 is 5.91 Å². The summed E-state index contributed by atoms with van der Waals surface area (Å²) in [4.78, 5) is 26.3. The van der Waals surface area contributed by atoms with Crippen LogP contribution in [0, 0.1) is 37.0 Å². The van der Waals surface area contributed by atoms with Gasteiger partial charge >= 0.3 is 6.18 Å². The Kier molecular flexibility index (Phi) is 6.84. The van der Waals surface area contributed by atoms with Gasteiger partial charge in [-0.2, -0.15) is 18.4 Å². The molecule has 1 aromatic carbocycles. The van der Waals surface area contributed by atoms with Crippen LogP contribution < -0.4 is 10.9 Å². The lowest BCUT2D eigenvalue weighted by Crippen LogP contribution is -2.24. The summed E-state index contributed by atoms with van der Waals surface area (Å²) in [5.74, 6) is 4.90. The van der Waals surface area contributed by atoms with E-state index in [-0.39, 0.29) is 30.0 Å². The second kappa shape index (κ2) is 9.11. The Hall–Kier alpha value is -3.52. The number of hydrogen-bond donors (Lipinski definition) is 2. The maximum Gasteiger partial charge on any atom is 0.416 e. The zero-order chi connectivity index (χ0) is 21.6. The fourth-order valence-electron chi connectivity index (χ4n) is 2.81. The molecule has 0 bridgehead atoms. The molecule has 0 radical (unpaired) electrons. The Balaban J connectivity index is 1.94. The molecule has 2 aromatic rings. The number of halogens is 3. The van der Waals surface area contributed by atoms with Crippen LogP contribution in [0.5, 0.6) is 0 Å². The van der Waals surface area contributed by atoms with Gasteiger partial charge in [-0.25, -0.2) is 0 Å². The number of aromatic amines is 1. The van der Waals surface area contributed by atoms with Gasteiger partial charge in [0.25, 0.3) is 5.56 Å². The van der Waals surface area contributed by atoms with Crippen LogP contribution in [-0.4, -0.2) is 17.4 Å². The monoisotopic (exact) mass is 401 g/mol. The quantitative estimate of drug-likeness (QED) is 0.773. The van der Waals surface area contributed by atoms with Gasteiger partial charge in [0.1, 0.15) is 11.6 Å². The van der Waals surface area contributed by atoms with Gasteiger partial charge in [0.2, 0.25) is 5.91 Å². The highest BCUT2D eigenvalue weighted by Gasteiger charge is 2.30. The van der Waals surface area contributed by atoms with Crippen LogP contribution in [0.1, 0.15) is 39.9 Å². The Morgan fingerprint density at radius 2 is 2.00 bits per heavy atom. The Morgan fingerprint density at radius 3 is 2.66 bits per heavy atom. The van der Waals surface area contributed by atoms with Gasteiger partial charge in [0.05, 0.1) is 12.1 Å². The highest BCUT2D eigenvalue weighted by molar-refractivity contribution is 5.76. The van der Waals surface area contributed by atoms with Crippen molar-refractivity contribution in [3.05, 3.63) is 68.1 Å². The molecule has 0 atom stereocenters. The summed E-state index contributed by atoms with van der Waals surface area (Å²) >= 11 is 0. The second-order valence-corrected chi connectivity index (χ2v) is 6.33. The summed E-state index contributed by atoms with van der Waals surface area (Å²) in [5.41, 5.74) is 0.869. The number of nitrogens with one attached hydrogen (secondary N) is 2. The highest BCUT2D eigenvalue weighted by atomic mass is 19.4. The van der Waals surface area contributed by atoms with E-state index in [2.05, 4.69) is 22.1 Å². The predicted octanol–water partition coefficient (Wildman–Crippen LogP) is 2.98. The van der Waals surface area contributed by atoms with Crippen molar-refractivity contribution in [1.82, 2.24) is 10.3 Å². The SMILES string of the molecule is Cc1[nH]c(=O)c(C#N)c(C)c1CCC(=O)NCC#Cc1cccc(C(F)(F)F)c1. The molecule has 5 nitrogen and oxygen atoms in total. The van der Waals surface area contributed by atoms with E-state index >= 15 is 0 Å². The molecule has 2 N–H and O–H groups in total. The number of aryl methyl sites for hydroxylation is 1. The highest BCUT2D eigenvalue weighted by Crippen LogP contribution is 2.29. The molecule has 0 spiro atoms. The molecule has 1 amide bonds. The van der Waals surface area contributed by atoms with Crippen molar-refractivity contribution < 1.29 is 18.0 Å². The predicted molar refractivity (Wildman–Crippen MR) is 101 cm³/mol. The van der Waals surface area contributed by atoms with Crippen LogP contribution in [0.25, 0.3) is 0 Å². The largest absolute Gasteiger partial charge is 0.416 e. The molecule has 8 heteroatoms. The first-order valence-corrected chi connectivity index (χ1v) is 8.68. The third-order valence-corrected chi connectivity index (χ3v) is 4.32. The first kappa shape index (κ1) is 21.8. The van der Waals surface area contributed by atoms with Crippen molar-refractivity contribution in [1.29, 1.82) is 5.26 Å². The summed E-state index contributed by atoms with van der Waals surface area (Å²) in [6.07, 6.45) is -3.99. The first-order chi connectivity index (χ1) is 13.6. The lowest BCUT2D eigenvalue weighted by atomic mass is 9.99. The summed E-state index contributed by atoms with van der Waals surface area (Å²) in [5, 5.41) is 11.6. The number of benzene rings is 1. The number of H-pyrrole nitrogens is 1. The fourth-order valence-corrected chi connectivity index (χ4v) is 2.81. The molecule has 0 fully saturated rings. The second-order valence-electron chi connectivity index (χ2n) is 6.33. The topological polar surface area (TPSA) is 85.8 Å². The zero-order valence-electron chi connectivity index (χ0n) is 15.8.